The van der Waals surface area contributed by atoms with Gasteiger partial charge in [-0.15, -0.1) is 0 Å². The Morgan fingerprint density at radius 1 is 1.33 bits per heavy atom. The summed E-state index contributed by atoms with van der Waals surface area (Å²) in [4.78, 5) is -0.622. The first-order valence-corrected chi connectivity index (χ1v) is 5.58. The topological polar surface area (TPSA) is 78.2 Å². The number of hydrogen-bond acceptors (Lipinski definition) is 4. The molecule has 0 aromatic heterocycles. The number of aliphatic hydroxyl groups excluding tert-OH is 1. The third-order valence-electron chi connectivity index (χ3n) is 1.75. The average Bonchev–Trinajstić information content (AvgIpc) is 2.19. The fourth-order valence-electron chi connectivity index (χ4n) is 1.05. The molecule has 1 aromatic rings. The van der Waals surface area contributed by atoms with Gasteiger partial charge < -0.3 is 5.11 Å². The Balaban J connectivity index is 3.41. The first-order chi connectivity index (χ1) is 7.00. The predicted octanol–water partition coefficient (Wildman–Crippen LogP) is 1.77. The van der Waals surface area contributed by atoms with Crippen molar-refractivity contribution >= 4 is 9.84 Å². The van der Waals surface area contributed by atoms with Crippen molar-refractivity contribution in [3.05, 3.63) is 41.0 Å². The summed E-state index contributed by atoms with van der Waals surface area (Å²) < 4.78 is 23.5. The normalized spacial score (nSPS) is 12.8. The number of allylic oxidation sites excluding steroid dienone is 2. The summed E-state index contributed by atoms with van der Waals surface area (Å²) in [6.07, 6.45) is 0. The van der Waals surface area contributed by atoms with Gasteiger partial charge in [-0.1, -0.05) is 18.2 Å². The lowest BCUT2D eigenvalue weighted by Gasteiger charge is -2.02. The van der Waals surface area contributed by atoms with Crippen LogP contribution in [0.2, 0.25) is 0 Å². The molecule has 78 valence electrons. The van der Waals surface area contributed by atoms with Gasteiger partial charge in [-0.05, 0) is 19.1 Å². The molecule has 0 atom stereocenters. The van der Waals surface area contributed by atoms with E-state index in [0.29, 0.717) is 0 Å². The van der Waals surface area contributed by atoms with E-state index in [1.165, 1.54) is 25.1 Å². The molecule has 0 spiro atoms. The van der Waals surface area contributed by atoms with Crippen molar-refractivity contribution in [2.24, 2.45) is 0 Å². The van der Waals surface area contributed by atoms with Crippen molar-refractivity contribution in [2.75, 3.05) is 0 Å². The highest BCUT2D eigenvalue weighted by Crippen LogP contribution is 2.19. The van der Waals surface area contributed by atoms with Gasteiger partial charge in [-0.3, -0.25) is 0 Å². The Kier molecular flexibility index (Phi) is 3.12. The number of nitriles is 1. The van der Waals surface area contributed by atoms with Crippen molar-refractivity contribution in [2.45, 2.75) is 11.8 Å². The molecule has 0 fully saturated rings. The van der Waals surface area contributed by atoms with Crippen LogP contribution in [0.4, 0.5) is 0 Å². The van der Waals surface area contributed by atoms with Crippen molar-refractivity contribution in [3.8, 4) is 6.07 Å². The van der Waals surface area contributed by atoms with Gasteiger partial charge in [0.15, 0.2) is 4.91 Å². The third kappa shape index (κ3) is 2.17. The van der Waals surface area contributed by atoms with Crippen LogP contribution in [0, 0.1) is 11.3 Å². The Morgan fingerprint density at radius 3 is 2.27 bits per heavy atom. The van der Waals surface area contributed by atoms with Gasteiger partial charge in [-0.2, -0.15) is 5.26 Å². The van der Waals surface area contributed by atoms with Gasteiger partial charge in [0.1, 0.15) is 11.8 Å². The molecule has 0 aliphatic carbocycles. The molecule has 0 amide bonds. The van der Waals surface area contributed by atoms with E-state index in [1.54, 1.807) is 18.2 Å². The van der Waals surface area contributed by atoms with Gasteiger partial charge in [0, 0.05) is 0 Å². The minimum absolute atomic E-state index is 0.00468. The molecule has 1 aromatic carbocycles. The molecular weight excluding hydrogens is 214 g/mol. The fraction of sp³-hybridized carbons (Fsp3) is 0.100. The molecule has 0 aliphatic heterocycles. The Hall–Kier alpha value is -1.80. The molecule has 0 unspecified atom stereocenters. The highest BCUT2D eigenvalue weighted by atomic mass is 32.2. The summed E-state index contributed by atoms with van der Waals surface area (Å²) in [5, 5.41) is 17.7. The van der Waals surface area contributed by atoms with Gasteiger partial charge >= 0.3 is 0 Å². The molecular formula is C10H9NO3S. The maximum Gasteiger partial charge on any atom is 0.219 e. The summed E-state index contributed by atoms with van der Waals surface area (Å²) in [7, 11) is -3.88. The summed E-state index contributed by atoms with van der Waals surface area (Å²) in [6, 6.07) is 8.99. The summed E-state index contributed by atoms with van der Waals surface area (Å²) in [5.41, 5.74) is 0. The van der Waals surface area contributed by atoms with E-state index < -0.39 is 20.5 Å². The van der Waals surface area contributed by atoms with Crippen molar-refractivity contribution < 1.29 is 13.5 Å². The number of rotatable bonds is 2. The van der Waals surface area contributed by atoms with Crippen LogP contribution in [-0.2, 0) is 9.84 Å². The molecule has 0 aliphatic rings. The summed E-state index contributed by atoms with van der Waals surface area (Å²) in [5.74, 6) is -0.499. The lowest BCUT2D eigenvalue weighted by Crippen LogP contribution is -2.05. The number of benzene rings is 1. The quantitative estimate of drug-likeness (QED) is 0.612. The maximum absolute atomic E-state index is 11.8. The Bertz CT molecular complexity index is 520. The maximum atomic E-state index is 11.8. The van der Waals surface area contributed by atoms with Crippen LogP contribution in [0.5, 0.6) is 0 Å². The van der Waals surface area contributed by atoms with E-state index in [-0.39, 0.29) is 4.90 Å². The van der Waals surface area contributed by atoms with Crippen molar-refractivity contribution in [3.63, 3.8) is 0 Å². The molecule has 0 radical (unpaired) electrons. The Labute approximate surface area is 88.0 Å². The smallest absolute Gasteiger partial charge is 0.219 e. The summed E-state index contributed by atoms with van der Waals surface area (Å²) >= 11 is 0. The molecule has 0 heterocycles. The van der Waals surface area contributed by atoms with Gasteiger partial charge in [0.25, 0.3) is 0 Å². The average molecular weight is 223 g/mol. The van der Waals surface area contributed by atoms with E-state index in [4.69, 9.17) is 10.4 Å². The zero-order valence-electron chi connectivity index (χ0n) is 8.01. The minimum atomic E-state index is -3.88. The second kappa shape index (κ2) is 4.15. The van der Waals surface area contributed by atoms with Crippen LogP contribution in [0.15, 0.2) is 45.9 Å². The lowest BCUT2D eigenvalue weighted by molar-refractivity contribution is 0.412. The molecule has 0 bridgehead atoms. The molecule has 0 saturated carbocycles. The van der Waals surface area contributed by atoms with Crippen molar-refractivity contribution in [1.82, 2.24) is 0 Å². The molecule has 5 heteroatoms. The second-order valence-corrected chi connectivity index (χ2v) is 4.73. The highest BCUT2D eigenvalue weighted by molar-refractivity contribution is 7.95. The minimum Gasteiger partial charge on any atom is -0.510 e. The molecule has 4 nitrogen and oxygen atoms in total. The highest BCUT2D eigenvalue weighted by Gasteiger charge is 2.22. The first kappa shape index (κ1) is 11.3. The van der Waals surface area contributed by atoms with E-state index in [1.807, 2.05) is 0 Å². The standard InChI is InChI=1S/C10H9NO3S/c1-8(12)10(7-11)15(13,14)9-5-3-2-4-6-9/h2-6,12H,1H3. The summed E-state index contributed by atoms with van der Waals surface area (Å²) in [6.45, 7) is 1.17. The third-order valence-corrected chi connectivity index (χ3v) is 3.57. The lowest BCUT2D eigenvalue weighted by atomic mass is 10.4. The molecule has 0 saturated heterocycles. The SMILES string of the molecule is CC(O)=C(C#N)S(=O)(=O)c1ccccc1. The zero-order chi connectivity index (χ0) is 11.5. The number of hydrogen-bond donors (Lipinski definition) is 1. The molecule has 1 N–H and O–H groups in total. The van der Waals surface area contributed by atoms with E-state index in [0.717, 1.165) is 0 Å². The number of nitrogens with zero attached hydrogens (tertiary/aromatic N) is 1. The van der Waals surface area contributed by atoms with Gasteiger partial charge in [0.2, 0.25) is 9.84 Å². The number of sulfone groups is 1. The van der Waals surface area contributed by atoms with Crippen LogP contribution in [0.25, 0.3) is 0 Å². The van der Waals surface area contributed by atoms with Crippen LogP contribution in [0.3, 0.4) is 0 Å². The van der Waals surface area contributed by atoms with E-state index in [2.05, 4.69) is 0 Å². The molecule has 1 rings (SSSR count). The monoisotopic (exact) mass is 223 g/mol. The largest absolute Gasteiger partial charge is 0.510 e. The van der Waals surface area contributed by atoms with Gasteiger partial charge in [0.05, 0.1) is 4.90 Å². The van der Waals surface area contributed by atoms with E-state index in [9.17, 15) is 8.42 Å². The van der Waals surface area contributed by atoms with Gasteiger partial charge in [-0.25, -0.2) is 8.42 Å². The number of aliphatic hydroxyl groups is 1. The van der Waals surface area contributed by atoms with Crippen LogP contribution >= 0.6 is 0 Å². The van der Waals surface area contributed by atoms with Crippen molar-refractivity contribution in [1.29, 1.82) is 5.26 Å². The Morgan fingerprint density at radius 2 is 1.87 bits per heavy atom. The van der Waals surface area contributed by atoms with Crippen LogP contribution in [-0.4, -0.2) is 13.5 Å². The van der Waals surface area contributed by atoms with E-state index >= 15 is 0 Å². The molecule has 15 heavy (non-hydrogen) atoms. The first-order valence-electron chi connectivity index (χ1n) is 4.10. The predicted molar refractivity (Wildman–Crippen MR) is 54.6 cm³/mol. The zero-order valence-corrected chi connectivity index (χ0v) is 8.82. The second-order valence-electron chi connectivity index (χ2n) is 2.84. The van der Waals surface area contributed by atoms with Crippen LogP contribution in [0.1, 0.15) is 6.92 Å². The fourth-order valence-corrected chi connectivity index (χ4v) is 2.31. The van der Waals surface area contributed by atoms with Crippen LogP contribution < -0.4 is 0 Å².